The van der Waals surface area contributed by atoms with E-state index in [1.807, 2.05) is 13.8 Å². The zero-order valence-electron chi connectivity index (χ0n) is 7.17. The van der Waals surface area contributed by atoms with Crippen LogP contribution in [0.25, 0.3) is 0 Å². The van der Waals surface area contributed by atoms with Crippen molar-refractivity contribution in [1.29, 1.82) is 0 Å². The van der Waals surface area contributed by atoms with E-state index < -0.39 is 0 Å². The third-order valence-electron chi connectivity index (χ3n) is 1.29. The van der Waals surface area contributed by atoms with Crippen LogP contribution in [0.1, 0.15) is 26.7 Å². The van der Waals surface area contributed by atoms with Crippen molar-refractivity contribution >= 4 is 5.97 Å². The molecule has 11 heavy (non-hydrogen) atoms. The molecule has 0 aromatic rings. The maximum Gasteiger partial charge on any atom is 0.305 e. The highest BCUT2D eigenvalue weighted by atomic mass is 16.5. The fourth-order valence-electron chi connectivity index (χ4n) is 0.564. The highest BCUT2D eigenvalue weighted by Gasteiger charge is 2.04. The molecule has 0 aliphatic heterocycles. The maximum atomic E-state index is 10.8. The lowest BCUT2D eigenvalue weighted by Crippen LogP contribution is -2.14. The third-order valence-corrected chi connectivity index (χ3v) is 1.29. The van der Waals surface area contributed by atoms with Crippen LogP contribution in [0.3, 0.4) is 0 Å². The van der Waals surface area contributed by atoms with Crippen LogP contribution < -0.4 is 0 Å². The molecule has 66 valence electrons. The molecule has 0 radical (unpaired) electrons. The van der Waals surface area contributed by atoms with Crippen molar-refractivity contribution in [1.82, 2.24) is 0 Å². The number of aliphatic hydroxyl groups is 1. The van der Waals surface area contributed by atoms with Crippen LogP contribution in [-0.4, -0.2) is 24.3 Å². The second kappa shape index (κ2) is 6.16. The molecule has 0 fully saturated rings. The van der Waals surface area contributed by atoms with Crippen LogP contribution in [0.15, 0.2) is 0 Å². The van der Waals surface area contributed by atoms with E-state index in [0.717, 1.165) is 6.42 Å². The van der Waals surface area contributed by atoms with Crippen LogP contribution in [0.4, 0.5) is 0 Å². The summed E-state index contributed by atoms with van der Waals surface area (Å²) in [4.78, 5) is 10.8. The summed E-state index contributed by atoms with van der Waals surface area (Å²) in [5.74, 6) is -0.122. The molecule has 0 aromatic heterocycles. The summed E-state index contributed by atoms with van der Waals surface area (Å²) < 4.78 is 4.84. The summed E-state index contributed by atoms with van der Waals surface area (Å²) in [6, 6.07) is 0. The minimum Gasteiger partial charge on any atom is -0.465 e. The van der Waals surface area contributed by atoms with Gasteiger partial charge in [0.25, 0.3) is 0 Å². The van der Waals surface area contributed by atoms with Crippen molar-refractivity contribution in [2.24, 2.45) is 5.92 Å². The first-order chi connectivity index (χ1) is 5.20. The molecule has 0 rings (SSSR count). The SMILES string of the molecule is CCCC(=O)OC[C@H](C)CO. The van der Waals surface area contributed by atoms with Gasteiger partial charge in [-0.2, -0.15) is 0 Å². The standard InChI is InChI=1S/C8H16O3/c1-3-4-8(10)11-6-7(2)5-9/h7,9H,3-6H2,1-2H3/t7-/m1/s1. The quantitative estimate of drug-likeness (QED) is 0.609. The predicted octanol–water partition coefficient (Wildman–Crippen LogP) is 0.958. The second-order valence-electron chi connectivity index (χ2n) is 2.72. The lowest BCUT2D eigenvalue weighted by atomic mass is 10.2. The molecule has 0 heterocycles. The number of hydrogen-bond acceptors (Lipinski definition) is 3. The van der Waals surface area contributed by atoms with Gasteiger partial charge in [-0.1, -0.05) is 13.8 Å². The molecule has 3 heteroatoms. The van der Waals surface area contributed by atoms with Crippen molar-refractivity contribution in [2.75, 3.05) is 13.2 Å². The fraction of sp³-hybridized carbons (Fsp3) is 0.875. The zero-order chi connectivity index (χ0) is 8.69. The summed E-state index contributed by atoms with van der Waals surface area (Å²) in [6.45, 7) is 4.16. The Morgan fingerprint density at radius 3 is 2.73 bits per heavy atom. The number of rotatable bonds is 5. The minimum atomic E-state index is -0.173. The number of esters is 1. The number of ether oxygens (including phenoxy) is 1. The highest BCUT2D eigenvalue weighted by molar-refractivity contribution is 5.69. The lowest BCUT2D eigenvalue weighted by Gasteiger charge is -2.07. The molecular weight excluding hydrogens is 144 g/mol. The average Bonchev–Trinajstić information content (AvgIpc) is 2.01. The van der Waals surface area contributed by atoms with E-state index >= 15 is 0 Å². The van der Waals surface area contributed by atoms with E-state index in [0.29, 0.717) is 13.0 Å². The van der Waals surface area contributed by atoms with Gasteiger partial charge in [0.15, 0.2) is 0 Å². The third kappa shape index (κ3) is 5.85. The second-order valence-corrected chi connectivity index (χ2v) is 2.72. The largest absolute Gasteiger partial charge is 0.465 e. The molecule has 0 amide bonds. The molecule has 0 aliphatic carbocycles. The minimum absolute atomic E-state index is 0.0517. The molecular formula is C8H16O3. The summed E-state index contributed by atoms with van der Waals surface area (Å²) in [5, 5.41) is 8.59. The van der Waals surface area contributed by atoms with Gasteiger partial charge in [0.2, 0.25) is 0 Å². The molecule has 0 spiro atoms. The van der Waals surface area contributed by atoms with Gasteiger partial charge in [-0.25, -0.2) is 0 Å². The Labute approximate surface area is 67.4 Å². The monoisotopic (exact) mass is 160 g/mol. The Balaban J connectivity index is 3.30. The van der Waals surface area contributed by atoms with Crippen molar-refractivity contribution < 1.29 is 14.6 Å². The van der Waals surface area contributed by atoms with E-state index in [2.05, 4.69) is 0 Å². The van der Waals surface area contributed by atoms with Crippen LogP contribution in [-0.2, 0) is 9.53 Å². The summed E-state index contributed by atoms with van der Waals surface area (Å²) >= 11 is 0. The average molecular weight is 160 g/mol. The summed E-state index contributed by atoms with van der Waals surface area (Å²) in [7, 11) is 0. The van der Waals surface area contributed by atoms with Gasteiger partial charge in [0, 0.05) is 18.9 Å². The van der Waals surface area contributed by atoms with Crippen molar-refractivity contribution in [3.8, 4) is 0 Å². The van der Waals surface area contributed by atoms with E-state index in [9.17, 15) is 4.79 Å². The molecule has 1 atom stereocenters. The number of carbonyl (C=O) groups is 1. The molecule has 0 aliphatic rings. The Morgan fingerprint density at radius 1 is 1.64 bits per heavy atom. The van der Waals surface area contributed by atoms with Gasteiger partial charge in [-0.05, 0) is 6.42 Å². The van der Waals surface area contributed by atoms with Crippen LogP contribution in [0, 0.1) is 5.92 Å². The van der Waals surface area contributed by atoms with Crippen LogP contribution in [0.2, 0.25) is 0 Å². The number of aliphatic hydroxyl groups excluding tert-OH is 1. The number of hydrogen-bond donors (Lipinski definition) is 1. The first-order valence-corrected chi connectivity index (χ1v) is 3.97. The lowest BCUT2D eigenvalue weighted by molar-refractivity contribution is -0.145. The highest BCUT2D eigenvalue weighted by Crippen LogP contribution is 1.97. The molecule has 0 bridgehead atoms. The Kier molecular flexibility index (Phi) is 5.84. The summed E-state index contributed by atoms with van der Waals surface area (Å²) in [5.41, 5.74) is 0. The van der Waals surface area contributed by atoms with Crippen LogP contribution >= 0.6 is 0 Å². The van der Waals surface area contributed by atoms with Gasteiger partial charge in [-0.15, -0.1) is 0 Å². The zero-order valence-corrected chi connectivity index (χ0v) is 7.17. The first-order valence-electron chi connectivity index (χ1n) is 3.97. The molecule has 3 nitrogen and oxygen atoms in total. The maximum absolute atomic E-state index is 10.8. The Bertz CT molecular complexity index is 112. The van der Waals surface area contributed by atoms with Crippen molar-refractivity contribution in [2.45, 2.75) is 26.7 Å². The van der Waals surface area contributed by atoms with Gasteiger partial charge >= 0.3 is 5.97 Å². The van der Waals surface area contributed by atoms with E-state index in [1.54, 1.807) is 0 Å². The molecule has 0 unspecified atom stereocenters. The fourth-order valence-corrected chi connectivity index (χ4v) is 0.564. The first kappa shape index (κ1) is 10.4. The van der Waals surface area contributed by atoms with E-state index in [4.69, 9.17) is 9.84 Å². The molecule has 0 saturated heterocycles. The Morgan fingerprint density at radius 2 is 2.27 bits per heavy atom. The smallest absolute Gasteiger partial charge is 0.305 e. The van der Waals surface area contributed by atoms with Gasteiger partial charge in [0.05, 0.1) is 6.61 Å². The number of carbonyl (C=O) groups excluding carboxylic acids is 1. The van der Waals surface area contributed by atoms with E-state index in [1.165, 1.54) is 0 Å². The van der Waals surface area contributed by atoms with Crippen molar-refractivity contribution in [3.05, 3.63) is 0 Å². The van der Waals surface area contributed by atoms with E-state index in [-0.39, 0.29) is 18.5 Å². The summed E-state index contributed by atoms with van der Waals surface area (Å²) in [6.07, 6.45) is 1.28. The van der Waals surface area contributed by atoms with Gasteiger partial charge in [0.1, 0.15) is 0 Å². The van der Waals surface area contributed by atoms with Crippen LogP contribution in [0.5, 0.6) is 0 Å². The molecule has 0 aromatic carbocycles. The molecule has 1 N–H and O–H groups in total. The Hall–Kier alpha value is -0.570. The van der Waals surface area contributed by atoms with Gasteiger partial charge in [-0.3, -0.25) is 4.79 Å². The topological polar surface area (TPSA) is 46.5 Å². The van der Waals surface area contributed by atoms with Gasteiger partial charge < -0.3 is 9.84 Å². The normalized spacial score (nSPS) is 12.6. The predicted molar refractivity (Wildman–Crippen MR) is 42.1 cm³/mol. The van der Waals surface area contributed by atoms with Crippen molar-refractivity contribution in [3.63, 3.8) is 0 Å². The molecule has 0 saturated carbocycles.